The molecule has 0 unspecified atom stereocenters. The van der Waals surface area contributed by atoms with Crippen LogP contribution in [0.4, 0.5) is 10.1 Å². The lowest BCUT2D eigenvalue weighted by atomic mass is 10.3. The molecular formula is C14H16FNO3S. The van der Waals surface area contributed by atoms with Crippen molar-refractivity contribution < 1.29 is 14.4 Å². The summed E-state index contributed by atoms with van der Waals surface area (Å²) in [5.74, 6) is -0.433. The Labute approximate surface area is 121 Å². The number of aromatic hydroxyl groups is 1. The highest BCUT2D eigenvalue weighted by Gasteiger charge is 2.10. The third kappa shape index (κ3) is 5.27. The van der Waals surface area contributed by atoms with Crippen LogP contribution in [0.2, 0.25) is 0 Å². The topological polar surface area (TPSA) is 63.4 Å². The fourth-order valence-corrected chi connectivity index (χ4v) is 1.72. The largest absolute Gasteiger partial charge is 0.507 e. The molecule has 4 nitrogen and oxygen atoms in total. The molecule has 0 radical (unpaired) electrons. The molecule has 0 atom stereocenters. The molecule has 0 saturated heterocycles. The maximum atomic E-state index is 12.4. The average molecular weight is 297 g/mol. The highest BCUT2D eigenvalue weighted by Crippen LogP contribution is 2.24. The van der Waals surface area contributed by atoms with Gasteiger partial charge in [-0.2, -0.15) is 4.39 Å². The minimum atomic E-state index is -0.799. The van der Waals surface area contributed by atoms with Gasteiger partial charge in [0.2, 0.25) is 5.82 Å². The number of para-hydroxylation sites is 2. The lowest BCUT2D eigenvalue weighted by Gasteiger charge is -1.96. The number of benzene rings is 2. The normalized spacial score (nSPS) is 8.90. The van der Waals surface area contributed by atoms with Gasteiger partial charge in [-0.05, 0) is 24.5 Å². The van der Waals surface area contributed by atoms with Gasteiger partial charge in [-0.25, -0.2) is 0 Å². The van der Waals surface area contributed by atoms with Crippen LogP contribution in [0.5, 0.6) is 5.75 Å². The number of halogens is 1. The Morgan fingerprint density at radius 2 is 1.70 bits per heavy atom. The minimum absolute atomic E-state index is 0. The molecule has 0 fully saturated rings. The van der Waals surface area contributed by atoms with Crippen molar-refractivity contribution in [2.45, 2.75) is 12.3 Å². The van der Waals surface area contributed by atoms with Gasteiger partial charge >= 0.3 is 5.69 Å². The quantitative estimate of drug-likeness (QED) is 0.504. The zero-order chi connectivity index (χ0) is 14.3. The van der Waals surface area contributed by atoms with Gasteiger partial charge < -0.3 is 5.11 Å². The van der Waals surface area contributed by atoms with E-state index in [1.54, 1.807) is 17.8 Å². The molecule has 0 aliphatic carbocycles. The van der Waals surface area contributed by atoms with Crippen LogP contribution in [0.3, 0.4) is 0 Å². The van der Waals surface area contributed by atoms with Crippen LogP contribution in [-0.2, 0) is 0 Å². The van der Waals surface area contributed by atoms with E-state index in [1.165, 1.54) is 12.1 Å². The van der Waals surface area contributed by atoms with Crippen LogP contribution in [0, 0.1) is 15.9 Å². The van der Waals surface area contributed by atoms with E-state index in [-0.39, 0.29) is 7.43 Å². The molecular weight excluding hydrogens is 281 g/mol. The van der Waals surface area contributed by atoms with Gasteiger partial charge in [0.25, 0.3) is 0 Å². The van der Waals surface area contributed by atoms with Gasteiger partial charge in [0.1, 0.15) is 5.75 Å². The molecule has 0 heterocycles. The zero-order valence-corrected chi connectivity index (χ0v) is 10.9. The number of nitrogens with zero attached hydrogens (tertiary/aromatic N) is 1. The van der Waals surface area contributed by atoms with E-state index in [2.05, 4.69) is 0 Å². The summed E-state index contributed by atoms with van der Waals surface area (Å²) < 4.78 is 12.4. The van der Waals surface area contributed by atoms with Crippen LogP contribution in [0.25, 0.3) is 0 Å². The van der Waals surface area contributed by atoms with Crippen molar-refractivity contribution >= 4 is 17.4 Å². The zero-order valence-electron chi connectivity index (χ0n) is 10.1. The molecule has 0 aliphatic rings. The van der Waals surface area contributed by atoms with Crippen LogP contribution in [0.1, 0.15) is 7.43 Å². The predicted octanol–water partition coefficient (Wildman–Crippen LogP) is 4.48. The van der Waals surface area contributed by atoms with E-state index in [9.17, 15) is 14.5 Å². The molecule has 0 aromatic heterocycles. The Hall–Kier alpha value is -2.08. The van der Waals surface area contributed by atoms with Crippen molar-refractivity contribution in [1.82, 2.24) is 0 Å². The van der Waals surface area contributed by atoms with E-state index in [0.717, 1.165) is 17.0 Å². The molecule has 108 valence electrons. The first kappa shape index (κ1) is 17.9. The van der Waals surface area contributed by atoms with Gasteiger partial charge in [0.15, 0.2) is 0 Å². The number of nitro benzene ring substituents is 1. The predicted molar refractivity (Wildman–Crippen MR) is 79.7 cm³/mol. The Balaban J connectivity index is 0.000000345. The van der Waals surface area contributed by atoms with Gasteiger partial charge in [-0.3, -0.25) is 10.1 Å². The Bertz CT molecular complexity index is 564. The van der Waals surface area contributed by atoms with E-state index in [4.69, 9.17) is 5.11 Å². The van der Waals surface area contributed by atoms with Crippen molar-refractivity contribution in [2.24, 2.45) is 0 Å². The summed E-state index contributed by atoms with van der Waals surface area (Å²) in [6, 6.07) is 12.3. The fourth-order valence-electron chi connectivity index (χ4n) is 1.23. The van der Waals surface area contributed by atoms with Crippen LogP contribution in [-0.4, -0.2) is 16.3 Å². The molecule has 20 heavy (non-hydrogen) atoms. The monoisotopic (exact) mass is 297 g/mol. The first-order chi connectivity index (χ1) is 9.06. The maximum absolute atomic E-state index is 12.4. The first-order valence-electron chi connectivity index (χ1n) is 5.27. The van der Waals surface area contributed by atoms with E-state index in [1.807, 2.05) is 24.5 Å². The summed E-state index contributed by atoms with van der Waals surface area (Å²) in [7, 11) is 0. The number of hydrogen-bond acceptors (Lipinski definition) is 4. The molecule has 6 heteroatoms. The summed E-state index contributed by atoms with van der Waals surface area (Å²) in [4.78, 5) is 10.2. The number of rotatable bonds is 2. The highest BCUT2D eigenvalue weighted by molar-refractivity contribution is 7.98. The van der Waals surface area contributed by atoms with Crippen molar-refractivity contribution in [3.05, 3.63) is 64.5 Å². The summed E-state index contributed by atoms with van der Waals surface area (Å²) in [5, 5.41) is 19.1. The van der Waals surface area contributed by atoms with Crippen LogP contribution < -0.4 is 0 Å². The smallest absolute Gasteiger partial charge is 0.304 e. The molecule has 2 rings (SSSR count). The van der Waals surface area contributed by atoms with Crippen molar-refractivity contribution in [2.75, 3.05) is 6.26 Å². The first-order valence-corrected chi connectivity index (χ1v) is 6.49. The maximum Gasteiger partial charge on any atom is 0.304 e. The van der Waals surface area contributed by atoms with Crippen molar-refractivity contribution in [3.63, 3.8) is 0 Å². The molecule has 0 amide bonds. The number of nitro groups is 1. The summed E-state index contributed by atoms with van der Waals surface area (Å²) in [5.41, 5.74) is -0.484. The summed E-state index contributed by atoms with van der Waals surface area (Å²) >= 11 is 1.55. The number of hydrogen-bond donors (Lipinski definition) is 1. The molecule has 0 aliphatic heterocycles. The standard InChI is InChI=1S/C7H8OS.C6H4FNO2.CH4/c1-9-7-5-3-2-4-6(7)8;7-5-3-1-2-4-6(5)8(9)10;/h2-5,8H,1H3;1-4H;1H4. The second-order valence-electron chi connectivity index (χ2n) is 3.38. The van der Waals surface area contributed by atoms with Gasteiger partial charge in [-0.15, -0.1) is 11.8 Å². The van der Waals surface area contributed by atoms with E-state index < -0.39 is 16.4 Å². The minimum Gasteiger partial charge on any atom is -0.507 e. The fraction of sp³-hybridized carbons (Fsp3) is 0.143. The van der Waals surface area contributed by atoms with E-state index in [0.29, 0.717) is 5.75 Å². The highest BCUT2D eigenvalue weighted by atomic mass is 32.2. The van der Waals surface area contributed by atoms with Gasteiger partial charge in [0.05, 0.1) is 4.92 Å². The number of thioether (sulfide) groups is 1. The van der Waals surface area contributed by atoms with Gasteiger partial charge in [0, 0.05) is 11.0 Å². The third-order valence-corrected chi connectivity index (χ3v) is 2.92. The van der Waals surface area contributed by atoms with Crippen LogP contribution >= 0.6 is 11.8 Å². The molecule has 0 bridgehead atoms. The summed E-state index contributed by atoms with van der Waals surface area (Å²) in [6.07, 6.45) is 1.94. The van der Waals surface area contributed by atoms with Crippen molar-refractivity contribution in [3.8, 4) is 5.75 Å². The molecule has 2 aromatic carbocycles. The van der Waals surface area contributed by atoms with E-state index >= 15 is 0 Å². The summed E-state index contributed by atoms with van der Waals surface area (Å²) in [6.45, 7) is 0. The third-order valence-electron chi connectivity index (χ3n) is 2.13. The Morgan fingerprint density at radius 3 is 2.10 bits per heavy atom. The second-order valence-corrected chi connectivity index (χ2v) is 4.23. The number of phenolic OH excluding ortho intramolecular Hbond substituents is 1. The van der Waals surface area contributed by atoms with Crippen LogP contribution in [0.15, 0.2) is 53.4 Å². The SMILES string of the molecule is C.CSc1ccccc1O.O=[N+]([O-])c1ccccc1F. The van der Waals surface area contributed by atoms with Crippen molar-refractivity contribution in [1.29, 1.82) is 0 Å². The van der Waals surface area contributed by atoms with Gasteiger partial charge in [-0.1, -0.05) is 31.7 Å². The Kier molecular flexibility index (Phi) is 8.00. The molecule has 2 aromatic rings. The lowest BCUT2D eigenvalue weighted by molar-refractivity contribution is -0.387. The lowest BCUT2D eigenvalue weighted by Crippen LogP contribution is -1.90. The average Bonchev–Trinajstić information content (AvgIpc) is 2.40. The second kappa shape index (κ2) is 8.92. The molecule has 1 N–H and O–H groups in total. The molecule has 0 spiro atoms. The number of phenols is 1. The Morgan fingerprint density at radius 1 is 1.15 bits per heavy atom. The molecule has 0 saturated carbocycles.